The van der Waals surface area contributed by atoms with Crippen LogP contribution in [0.4, 0.5) is 0 Å². The molecule has 2 atom stereocenters. The van der Waals surface area contributed by atoms with Gasteiger partial charge in [0.25, 0.3) is 0 Å². The molecular formula is C65H121NO5. The highest BCUT2D eigenvalue weighted by atomic mass is 16.5. The second kappa shape index (κ2) is 60.4. The quantitative estimate of drug-likeness (QED) is 0.0321. The van der Waals surface area contributed by atoms with E-state index in [-0.39, 0.29) is 18.5 Å². The van der Waals surface area contributed by atoms with Crippen molar-refractivity contribution in [3.8, 4) is 0 Å². The number of unbranched alkanes of at least 4 members (excludes halogenated alkanes) is 41. The minimum Gasteiger partial charge on any atom is -0.466 e. The number of nitrogens with one attached hydrogen (secondary N) is 1. The molecule has 0 spiro atoms. The molecule has 0 aliphatic rings. The van der Waals surface area contributed by atoms with E-state index >= 15 is 0 Å². The van der Waals surface area contributed by atoms with Gasteiger partial charge in [0.1, 0.15) is 0 Å². The number of aliphatic hydroxyl groups excluding tert-OH is 2. The molecular weight excluding hydrogens is 875 g/mol. The fourth-order valence-corrected chi connectivity index (χ4v) is 9.47. The SMILES string of the molecule is CCCC/C=C\C/C=C\CCCCCCCC(=O)OCCCCCCCCCCCCC/C=C\CCCCCCCCCC(=O)NC(CO)C(O)/C=C/CCCCCCCCCCCCCCCCCC. The number of esters is 1. The van der Waals surface area contributed by atoms with Crippen LogP contribution in [0, 0.1) is 0 Å². The van der Waals surface area contributed by atoms with Gasteiger partial charge >= 0.3 is 5.97 Å². The molecule has 0 fully saturated rings. The predicted molar refractivity (Wildman–Crippen MR) is 310 cm³/mol. The molecule has 6 heteroatoms. The summed E-state index contributed by atoms with van der Waals surface area (Å²) in [5.74, 6) is -0.0792. The third kappa shape index (κ3) is 57.0. The molecule has 0 aromatic carbocycles. The summed E-state index contributed by atoms with van der Waals surface area (Å²) in [7, 11) is 0. The lowest BCUT2D eigenvalue weighted by Crippen LogP contribution is -2.45. The van der Waals surface area contributed by atoms with E-state index < -0.39 is 12.1 Å². The summed E-state index contributed by atoms with van der Waals surface area (Å²) in [6.07, 6.45) is 77.2. The lowest BCUT2D eigenvalue weighted by atomic mass is 10.0. The van der Waals surface area contributed by atoms with Crippen LogP contribution in [0.5, 0.6) is 0 Å². The second-order valence-corrected chi connectivity index (χ2v) is 21.4. The molecule has 0 aliphatic carbocycles. The predicted octanol–water partition coefficient (Wildman–Crippen LogP) is 19.7. The highest BCUT2D eigenvalue weighted by Crippen LogP contribution is 2.17. The van der Waals surface area contributed by atoms with Gasteiger partial charge in [0.15, 0.2) is 0 Å². The Morgan fingerprint density at radius 3 is 1.13 bits per heavy atom. The van der Waals surface area contributed by atoms with E-state index in [9.17, 15) is 19.8 Å². The van der Waals surface area contributed by atoms with Gasteiger partial charge in [-0.15, -0.1) is 0 Å². The van der Waals surface area contributed by atoms with Gasteiger partial charge < -0.3 is 20.3 Å². The molecule has 1 amide bonds. The molecule has 6 nitrogen and oxygen atoms in total. The van der Waals surface area contributed by atoms with Crippen molar-refractivity contribution in [2.45, 2.75) is 341 Å². The summed E-state index contributed by atoms with van der Waals surface area (Å²) in [6.45, 7) is 4.86. The van der Waals surface area contributed by atoms with E-state index in [0.717, 1.165) is 57.8 Å². The number of hydrogen-bond donors (Lipinski definition) is 3. The molecule has 0 heterocycles. The lowest BCUT2D eigenvalue weighted by molar-refractivity contribution is -0.143. The molecule has 0 radical (unpaired) electrons. The van der Waals surface area contributed by atoms with Crippen LogP contribution in [0.25, 0.3) is 0 Å². The molecule has 0 aromatic rings. The number of aliphatic hydroxyl groups is 2. The summed E-state index contributed by atoms with van der Waals surface area (Å²) in [4.78, 5) is 24.5. The van der Waals surface area contributed by atoms with Crippen LogP contribution in [-0.2, 0) is 14.3 Å². The number of amides is 1. The van der Waals surface area contributed by atoms with E-state index in [2.05, 4.69) is 55.6 Å². The molecule has 0 saturated heterocycles. The summed E-state index contributed by atoms with van der Waals surface area (Å²) in [5, 5.41) is 23.2. The molecule has 0 rings (SSSR count). The molecule has 416 valence electrons. The van der Waals surface area contributed by atoms with Crippen LogP contribution in [0.2, 0.25) is 0 Å². The number of carbonyl (C=O) groups excluding carboxylic acids is 2. The van der Waals surface area contributed by atoms with Crippen LogP contribution in [-0.4, -0.2) is 47.4 Å². The number of rotatable bonds is 58. The monoisotopic (exact) mass is 996 g/mol. The largest absolute Gasteiger partial charge is 0.466 e. The Balaban J connectivity index is 3.46. The minimum absolute atomic E-state index is 0.00549. The van der Waals surface area contributed by atoms with Gasteiger partial charge in [-0.05, 0) is 83.5 Å². The minimum atomic E-state index is -0.850. The molecule has 0 aromatic heterocycles. The summed E-state index contributed by atoms with van der Waals surface area (Å²) in [5.41, 5.74) is 0. The van der Waals surface area contributed by atoms with Crippen LogP contribution >= 0.6 is 0 Å². The van der Waals surface area contributed by atoms with Gasteiger partial charge in [-0.3, -0.25) is 9.59 Å². The van der Waals surface area contributed by atoms with E-state index in [1.165, 1.54) is 244 Å². The normalized spacial score (nSPS) is 12.9. The van der Waals surface area contributed by atoms with Gasteiger partial charge in [0.05, 0.1) is 25.4 Å². The van der Waals surface area contributed by atoms with Crippen molar-refractivity contribution < 1.29 is 24.5 Å². The topological polar surface area (TPSA) is 95.9 Å². The third-order valence-electron chi connectivity index (χ3n) is 14.3. The first-order chi connectivity index (χ1) is 35.0. The van der Waals surface area contributed by atoms with Crippen molar-refractivity contribution in [3.63, 3.8) is 0 Å². The molecule has 2 unspecified atom stereocenters. The first kappa shape index (κ1) is 68.8. The second-order valence-electron chi connectivity index (χ2n) is 21.4. The van der Waals surface area contributed by atoms with Crippen molar-refractivity contribution in [2.75, 3.05) is 13.2 Å². The van der Waals surface area contributed by atoms with Crippen molar-refractivity contribution in [1.82, 2.24) is 5.32 Å². The smallest absolute Gasteiger partial charge is 0.305 e. The van der Waals surface area contributed by atoms with Crippen LogP contribution in [0.1, 0.15) is 328 Å². The van der Waals surface area contributed by atoms with Crippen molar-refractivity contribution in [1.29, 1.82) is 0 Å². The summed E-state index contributed by atoms with van der Waals surface area (Å²) >= 11 is 0. The number of hydrogen-bond acceptors (Lipinski definition) is 5. The first-order valence-electron chi connectivity index (χ1n) is 31.4. The molecule has 3 N–H and O–H groups in total. The van der Waals surface area contributed by atoms with E-state index in [4.69, 9.17) is 4.74 Å². The molecule has 0 saturated carbocycles. The Labute approximate surface area is 442 Å². The van der Waals surface area contributed by atoms with Crippen molar-refractivity contribution in [2.24, 2.45) is 0 Å². The average molecular weight is 997 g/mol. The summed E-state index contributed by atoms with van der Waals surface area (Å²) in [6, 6.07) is -0.634. The first-order valence-corrected chi connectivity index (χ1v) is 31.4. The maximum Gasteiger partial charge on any atom is 0.305 e. The Morgan fingerprint density at radius 1 is 0.394 bits per heavy atom. The Bertz CT molecular complexity index is 1190. The average Bonchev–Trinajstić information content (AvgIpc) is 3.37. The zero-order valence-electron chi connectivity index (χ0n) is 47.5. The van der Waals surface area contributed by atoms with Gasteiger partial charge in [0, 0.05) is 12.8 Å². The highest BCUT2D eigenvalue weighted by molar-refractivity contribution is 5.76. The maximum atomic E-state index is 12.5. The molecule has 0 bridgehead atoms. The standard InChI is InChI=1S/C65H121NO5/c1-3-5-7-9-11-13-15-17-19-20-27-30-33-37-41-45-49-53-57-63(68)62(61-67)66-64(69)58-54-50-46-42-38-34-31-28-25-23-21-22-24-26-29-32-36-40-44-48-52-56-60-71-65(70)59-55-51-47-43-39-35-18-16-14-12-10-8-6-4-2/h10,12,16,18,23,25,53,57,62-63,67-68H,3-9,11,13-15,17,19-22,24,26-52,54-56,58-61H2,1-2H3,(H,66,69)/b12-10-,18-16-,25-23-,57-53+. The number of ether oxygens (including phenoxy) is 1. The van der Waals surface area contributed by atoms with Crippen LogP contribution in [0.15, 0.2) is 48.6 Å². The van der Waals surface area contributed by atoms with E-state index in [0.29, 0.717) is 19.4 Å². The Morgan fingerprint density at radius 2 is 0.718 bits per heavy atom. The van der Waals surface area contributed by atoms with Gasteiger partial charge in [0.2, 0.25) is 5.91 Å². The lowest BCUT2D eigenvalue weighted by Gasteiger charge is -2.20. The van der Waals surface area contributed by atoms with Gasteiger partial charge in [-0.2, -0.15) is 0 Å². The molecule has 71 heavy (non-hydrogen) atoms. The van der Waals surface area contributed by atoms with Crippen molar-refractivity contribution >= 4 is 11.9 Å². The zero-order chi connectivity index (χ0) is 51.4. The zero-order valence-corrected chi connectivity index (χ0v) is 47.5. The number of allylic oxidation sites excluding steroid dienone is 7. The van der Waals surface area contributed by atoms with E-state index in [1.54, 1.807) is 6.08 Å². The van der Waals surface area contributed by atoms with Gasteiger partial charge in [-0.1, -0.05) is 281 Å². The van der Waals surface area contributed by atoms with Crippen LogP contribution < -0.4 is 5.32 Å². The molecule has 0 aliphatic heterocycles. The van der Waals surface area contributed by atoms with Crippen molar-refractivity contribution in [3.05, 3.63) is 48.6 Å². The van der Waals surface area contributed by atoms with Crippen LogP contribution in [0.3, 0.4) is 0 Å². The third-order valence-corrected chi connectivity index (χ3v) is 14.3. The fraction of sp³-hybridized carbons (Fsp3) is 0.846. The summed E-state index contributed by atoms with van der Waals surface area (Å²) < 4.78 is 5.47. The van der Waals surface area contributed by atoms with E-state index in [1.807, 2.05) is 6.08 Å². The maximum absolute atomic E-state index is 12.5. The number of carbonyl (C=O) groups is 2. The Kier molecular flexibility index (Phi) is 58.5. The highest BCUT2D eigenvalue weighted by Gasteiger charge is 2.18. The fourth-order valence-electron chi connectivity index (χ4n) is 9.47. The van der Waals surface area contributed by atoms with Gasteiger partial charge in [-0.25, -0.2) is 0 Å². The Hall–Kier alpha value is -2.18.